The van der Waals surface area contributed by atoms with Crippen molar-refractivity contribution < 1.29 is 71.0 Å². The lowest BCUT2D eigenvalue weighted by Gasteiger charge is -2.32. The Morgan fingerprint density at radius 3 is 2.43 bits per heavy atom. The summed E-state index contributed by atoms with van der Waals surface area (Å²) in [6.45, 7) is 1.07. The fourth-order valence-electron chi connectivity index (χ4n) is 5.53. The van der Waals surface area contributed by atoms with Crippen molar-refractivity contribution in [1.82, 2.24) is 19.7 Å². The van der Waals surface area contributed by atoms with Gasteiger partial charge in [-0.3, -0.25) is 15.0 Å². The molecule has 2 N–H and O–H groups in total. The molecule has 0 saturated carbocycles. The van der Waals surface area contributed by atoms with Gasteiger partial charge in [-0.1, -0.05) is 19.1 Å². The summed E-state index contributed by atoms with van der Waals surface area (Å²) in [5.41, 5.74) is -0.0629. The maximum Gasteiger partial charge on any atom is 0.476 e. The lowest BCUT2D eigenvalue weighted by atomic mass is 9.82. The lowest BCUT2D eigenvalue weighted by Crippen LogP contribution is -3.00. The number of nitriles is 1. The first kappa shape index (κ1) is 45.4. The number of hydrogen-bond donors (Lipinski definition) is 2. The normalized spacial score (nSPS) is 12.3. The Bertz CT molecular complexity index is 2200. The number of anilines is 1. The average Bonchev–Trinajstić information content (AvgIpc) is 3.77. The molecule has 56 heavy (non-hydrogen) atoms. The first-order valence-electron chi connectivity index (χ1n) is 16.4. The van der Waals surface area contributed by atoms with Crippen molar-refractivity contribution in [2.24, 2.45) is 7.05 Å². The van der Waals surface area contributed by atoms with Crippen molar-refractivity contribution in [2.45, 2.75) is 31.6 Å². The quantitative estimate of drug-likeness (QED) is 0.0955. The smallest absolute Gasteiger partial charge is 0.476 e. The van der Waals surface area contributed by atoms with Crippen LogP contribution in [-0.4, -0.2) is 71.7 Å². The second-order valence-corrected chi connectivity index (χ2v) is 13.4. The van der Waals surface area contributed by atoms with Crippen molar-refractivity contribution in [3.05, 3.63) is 99.6 Å². The highest BCUT2D eigenvalue weighted by atomic mass is 127. The van der Waals surface area contributed by atoms with E-state index in [1.54, 1.807) is 61.6 Å². The van der Waals surface area contributed by atoms with E-state index in [1.807, 2.05) is 0 Å². The van der Waals surface area contributed by atoms with Crippen LogP contribution in [0.25, 0.3) is 11.3 Å². The number of halogens is 4. The van der Waals surface area contributed by atoms with Gasteiger partial charge in [0.05, 0.1) is 60.9 Å². The predicted octanol–water partition coefficient (Wildman–Crippen LogP) is 2.33. The number of nitrogens with one attached hydrogen (secondary N) is 1. The molecule has 2 aromatic heterocycles. The highest BCUT2D eigenvalue weighted by Gasteiger charge is 2.44. The molecule has 0 fully saturated rings. The number of carbonyl (C=O) groups excluding carboxylic acids is 2. The van der Waals surface area contributed by atoms with Gasteiger partial charge >= 0.3 is 18.1 Å². The molecule has 5 aromatic rings. The molecular weight excluding hydrogens is 887 g/mol. The lowest BCUT2D eigenvalue weighted by molar-refractivity contribution is -0.676. The first-order chi connectivity index (χ1) is 25.7. The third kappa shape index (κ3) is 10.7. The minimum Gasteiger partial charge on any atom is -1.00 e. The maximum atomic E-state index is 15.4. The third-order valence-electron chi connectivity index (χ3n) is 8.40. The Hall–Kier alpha value is -4.94. The van der Waals surface area contributed by atoms with E-state index >= 15 is 4.39 Å². The van der Waals surface area contributed by atoms with Crippen LogP contribution in [0.2, 0.25) is 0 Å². The number of amides is 1. The van der Waals surface area contributed by atoms with E-state index in [9.17, 15) is 19.1 Å². The molecule has 0 bridgehead atoms. The van der Waals surface area contributed by atoms with E-state index in [2.05, 4.69) is 21.5 Å². The van der Waals surface area contributed by atoms with Crippen LogP contribution in [0, 0.1) is 23.0 Å². The number of aryl methyl sites for hydroxylation is 1. The summed E-state index contributed by atoms with van der Waals surface area (Å²) < 4.78 is 54.2. The summed E-state index contributed by atoms with van der Waals surface area (Å²) in [5.74, 6) is -2.38. The van der Waals surface area contributed by atoms with Gasteiger partial charge in [0.15, 0.2) is 11.5 Å². The van der Waals surface area contributed by atoms with Crippen LogP contribution in [0.4, 0.5) is 19.3 Å². The van der Waals surface area contributed by atoms with Crippen molar-refractivity contribution in [1.29, 1.82) is 5.26 Å². The first-order valence-corrected chi connectivity index (χ1v) is 17.2. The van der Waals surface area contributed by atoms with Crippen LogP contribution in [0.15, 0.2) is 66.3 Å². The number of aromatic nitrogens is 4. The van der Waals surface area contributed by atoms with Crippen LogP contribution >= 0.6 is 23.7 Å². The van der Waals surface area contributed by atoms with Crippen LogP contribution in [-0.2, 0) is 35.3 Å². The van der Waals surface area contributed by atoms with Gasteiger partial charge in [0, 0.05) is 34.1 Å². The van der Waals surface area contributed by atoms with Crippen LogP contribution in [0.1, 0.15) is 34.5 Å². The number of aliphatic hydroxyl groups is 1. The SMILES string of the molecule is COc1cc(COC(=O)CN(C)C)c(NC(=O)Oc2nn(C[C@](O)(c3cc(F)ccc3F)[C@@H](C)c3nc(-c4ccc(C#N)cc4)cs3)c[n+]2C)cc1OC.Cl.[I-]. The summed E-state index contributed by atoms with van der Waals surface area (Å²) in [7, 11) is 7.84. The number of carbonyl (C=O) groups is 2. The number of thiazole rings is 1. The molecular formula is C37H39ClF2IN7O7S. The number of ether oxygens (including phenoxy) is 4. The molecule has 14 nitrogen and oxygen atoms in total. The molecule has 2 atom stereocenters. The molecule has 0 aliphatic rings. The van der Waals surface area contributed by atoms with Gasteiger partial charge in [-0.15, -0.1) is 28.4 Å². The molecule has 0 unspecified atom stereocenters. The monoisotopic (exact) mass is 925 g/mol. The van der Waals surface area contributed by atoms with E-state index in [0.29, 0.717) is 27.6 Å². The zero-order valence-corrected chi connectivity index (χ0v) is 34.9. The molecule has 0 radical (unpaired) electrons. The topological polar surface area (TPSA) is 165 Å². The Morgan fingerprint density at radius 1 is 1.11 bits per heavy atom. The highest BCUT2D eigenvalue weighted by Crippen LogP contribution is 2.42. The molecule has 1 amide bonds. The summed E-state index contributed by atoms with van der Waals surface area (Å²) in [6, 6.07) is 14.5. The second-order valence-electron chi connectivity index (χ2n) is 12.5. The fourth-order valence-corrected chi connectivity index (χ4v) is 6.50. The number of methoxy groups -OCH3 is 2. The van der Waals surface area contributed by atoms with Gasteiger partial charge in [0.1, 0.15) is 30.4 Å². The molecule has 0 spiro atoms. The molecule has 298 valence electrons. The van der Waals surface area contributed by atoms with E-state index < -0.39 is 41.8 Å². The number of benzene rings is 3. The minimum atomic E-state index is -2.11. The van der Waals surface area contributed by atoms with Gasteiger partial charge in [-0.05, 0) is 50.5 Å². The third-order valence-corrected chi connectivity index (χ3v) is 9.43. The Kier molecular flexibility index (Phi) is 16.0. The van der Waals surface area contributed by atoms with E-state index in [1.165, 1.54) is 54.2 Å². The summed E-state index contributed by atoms with van der Waals surface area (Å²) in [6.07, 6.45) is 0.440. The van der Waals surface area contributed by atoms with Crippen molar-refractivity contribution in [3.8, 4) is 34.8 Å². The zero-order chi connectivity index (χ0) is 39.2. The largest absolute Gasteiger partial charge is 1.00 e. The van der Waals surface area contributed by atoms with Crippen LogP contribution in [0.5, 0.6) is 17.5 Å². The van der Waals surface area contributed by atoms with Crippen LogP contribution in [0.3, 0.4) is 0 Å². The van der Waals surface area contributed by atoms with Crippen molar-refractivity contribution in [2.75, 3.05) is 40.2 Å². The zero-order valence-electron chi connectivity index (χ0n) is 31.1. The van der Waals surface area contributed by atoms with Gasteiger partial charge in [-0.25, -0.2) is 23.1 Å². The molecule has 0 aliphatic heterocycles. The van der Waals surface area contributed by atoms with Crippen LogP contribution < -0.4 is 48.1 Å². The molecule has 3 aromatic carbocycles. The Labute approximate surface area is 349 Å². The van der Waals surface area contributed by atoms with Crippen molar-refractivity contribution in [3.63, 3.8) is 0 Å². The standard InChI is InChI=1S/C37H37F2N7O7S.ClH.HI/c1-22(34-41-30(19-54-34)24-9-7-23(16-40)8-10-24)37(49,27-14-26(38)11-12-28(27)39)20-46-21-45(4)35(43-46)53-36(48)42-29-15-32(51-6)31(50-5)13-25(29)18-52-33(47)17-44(2)3;;/h7-15,19,21-22,49H,17-18,20H2,1-6H3;2*1H/t22-,37+;;/m0../s1. The average molecular weight is 926 g/mol. The number of likely N-dealkylation sites (N-methyl/N-ethyl adjacent to an activating group) is 1. The maximum absolute atomic E-state index is 15.4. The van der Waals surface area contributed by atoms with E-state index in [4.69, 9.17) is 24.2 Å². The van der Waals surface area contributed by atoms with Gasteiger partial charge < -0.3 is 48.0 Å². The van der Waals surface area contributed by atoms with E-state index in [0.717, 1.165) is 23.8 Å². The molecule has 0 aliphatic carbocycles. The molecule has 5 rings (SSSR count). The predicted molar refractivity (Wildman–Crippen MR) is 199 cm³/mol. The minimum absolute atomic E-state index is 0. The molecule has 19 heteroatoms. The van der Waals surface area contributed by atoms with Gasteiger partial charge in [0.25, 0.3) is 0 Å². The number of esters is 1. The number of hydrogen-bond acceptors (Lipinski definition) is 12. The number of nitrogens with zero attached hydrogens (tertiary/aromatic N) is 6. The molecule has 0 saturated heterocycles. The fraction of sp³-hybridized carbons (Fsp3) is 0.297. The van der Waals surface area contributed by atoms with Gasteiger partial charge in [0.2, 0.25) is 6.33 Å². The number of rotatable bonds is 14. The summed E-state index contributed by atoms with van der Waals surface area (Å²) in [4.78, 5) is 31.8. The summed E-state index contributed by atoms with van der Waals surface area (Å²) in [5, 5.41) is 30.6. The molecule has 2 heterocycles. The van der Waals surface area contributed by atoms with Crippen molar-refractivity contribution >= 4 is 41.5 Å². The summed E-state index contributed by atoms with van der Waals surface area (Å²) >= 11 is 1.22. The highest BCUT2D eigenvalue weighted by molar-refractivity contribution is 7.10. The second kappa shape index (κ2) is 19.8. The Balaban J connectivity index is 0.00000420. The Morgan fingerprint density at radius 2 is 1.79 bits per heavy atom. The van der Waals surface area contributed by atoms with Gasteiger partial charge in [-0.2, -0.15) is 5.26 Å². The van der Waals surface area contributed by atoms with E-state index in [-0.39, 0.29) is 72.5 Å².